The molecule has 0 aliphatic rings. The molecule has 0 N–H and O–H groups in total. The van der Waals surface area contributed by atoms with Gasteiger partial charge < -0.3 is 9.16 Å². The van der Waals surface area contributed by atoms with Crippen LogP contribution in [-0.2, 0) is 14.0 Å². The van der Waals surface area contributed by atoms with E-state index in [0.717, 1.165) is 12.8 Å². The number of hydrogen-bond acceptors (Lipinski definition) is 3. The van der Waals surface area contributed by atoms with Crippen LogP contribution in [0, 0.1) is 0 Å². The predicted octanol–water partition coefficient (Wildman–Crippen LogP) is 3.52. The van der Waals surface area contributed by atoms with E-state index in [1.165, 1.54) is 26.0 Å². The first-order chi connectivity index (χ1) is 7.89. The molecule has 3 nitrogen and oxygen atoms in total. The molecule has 0 rings (SSSR count). The molecule has 0 bridgehead atoms. The summed E-state index contributed by atoms with van der Waals surface area (Å²) < 4.78 is 10.6. The van der Waals surface area contributed by atoms with Crippen molar-refractivity contribution in [3.63, 3.8) is 0 Å². The SMILES string of the molecule is CCCCCC(/C=C/C(=O)OC)O[Si](C)(C)C. The van der Waals surface area contributed by atoms with Gasteiger partial charge >= 0.3 is 5.97 Å². The Labute approximate surface area is 106 Å². The second-order valence-corrected chi connectivity index (χ2v) is 9.61. The van der Waals surface area contributed by atoms with Crippen molar-refractivity contribution < 1.29 is 14.0 Å². The van der Waals surface area contributed by atoms with E-state index in [-0.39, 0.29) is 12.1 Å². The summed E-state index contributed by atoms with van der Waals surface area (Å²) in [7, 11) is -0.179. The molecular formula is C13H26O3Si. The minimum absolute atomic E-state index is 0.0484. The fraction of sp³-hybridized carbons (Fsp3) is 0.769. The first kappa shape index (κ1) is 16.4. The number of methoxy groups -OCH3 is 1. The van der Waals surface area contributed by atoms with Crippen LogP contribution >= 0.6 is 0 Å². The Morgan fingerprint density at radius 1 is 1.29 bits per heavy atom. The molecule has 100 valence electrons. The smallest absolute Gasteiger partial charge is 0.330 e. The Kier molecular flexibility index (Phi) is 8.17. The van der Waals surface area contributed by atoms with Crippen LogP contribution < -0.4 is 0 Å². The summed E-state index contributed by atoms with van der Waals surface area (Å²) in [5.74, 6) is -0.315. The van der Waals surface area contributed by atoms with Crippen LogP contribution in [-0.4, -0.2) is 27.5 Å². The largest absolute Gasteiger partial charge is 0.466 e. The van der Waals surface area contributed by atoms with Crippen molar-refractivity contribution >= 4 is 14.3 Å². The van der Waals surface area contributed by atoms with E-state index in [1.807, 2.05) is 6.08 Å². The summed E-state index contributed by atoms with van der Waals surface area (Å²) in [5, 5.41) is 0. The zero-order valence-electron chi connectivity index (χ0n) is 11.8. The molecule has 0 saturated carbocycles. The molecule has 17 heavy (non-hydrogen) atoms. The Hall–Kier alpha value is -0.613. The van der Waals surface area contributed by atoms with E-state index >= 15 is 0 Å². The van der Waals surface area contributed by atoms with E-state index in [1.54, 1.807) is 0 Å². The molecule has 0 amide bonds. The number of unbranched alkanes of at least 4 members (excludes halogenated alkanes) is 2. The highest BCUT2D eigenvalue weighted by Crippen LogP contribution is 2.14. The van der Waals surface area contributed by atoms with Crippen LogP contribution in [0.2, 0.25) is 19.6 Å². The van der Waals surface area contributed by atoms with Gasteiger partial charge in [-0.25, -0.2) is 4.79 Å². The third-order valence-electron chi connectivity index (χ3n) is 2.25. The summed E-state index contributed by atoms with van der Waals surface area (Å²) in [5.41, 5.74) is 0. The highest BCUT2D eigenvalue weighted by atomic mass is 28.4. The van der Waals surface area contributed by atoms with Gasteiger partial charge in [0, 0.05) is 6.08 Å². The Morgan fingerprint density at radius 3 is 2.41 bits per heavy atom. The molecule has 0 aromatic heterocycles. The number of carbonyl (C=O) groups is 1. The quantitative estimate of drug-likeness (QED) is 0.289. The Balaban J connectivity index is 4.29. The van der Waals surface area contributed by atoms with E-state index in [2.05, 4.69) is 31.3 Å². The molecule has 0 fully saturated rings. The predicted molar refractivity (Wildman–Crippen MR) is 73.5 cm³/mol. The molecule has 0 aliphatic carbocycles. The van der Waals surface area contributed by atoms with E-state index in [9.17, 15) is 4.79 Å². The molecule has 0 heterocycles. The Morgan fingerprint density at radius 2 is 1.94 bits per heavy atom. The molecular weight excluding hydrogens is 232 g/mol. The summed E-state index contributed by atoms with van der Waals surface area (Å²) in [6.07, 6.45) is 7.87. The average molecular weight is 258 g/mol. The van der Waals surface area contributed by atoms with Crippen molar-refractivity contribution in [2.45, 2.75) is 58.4 Å². The van der Waals surface area contributed by atoms with Crippen molar-refractivity contribution in [1.82, 2.24) is 0 Å². The number of esters is 1. The number of ether oxygens (including phenoxy) is 1. The zero-order valence-corrected chi connectivity index (χ0v) is 12.8. The van der Waals surface area contributed by atoms with Gasteiger partial charge in [0.15, 0.2) is 8.32 Å². The van der Waals surface area contributed by atoms with Crippen molar-refractivity contribution in [3.8, 4) is 0 Å². The fourth-order valence-electron chi connectivity index (χ4n) is 1.50. The van der Waals surface area contributed by atoms with E-state index in [4.69, 9.17) is 4.43 Å². The van der Waals surface area contributed by atoms with Gasteiger partial charge in [-0.2, -0.15) is 0 Å². The van der Waals surface area contributed by atoms with Crippen molar-refractivity contribution in [1.29, 1.82) is 0 Å². The minimum atomic E-state index is -1.57. The second-order valence-electron chi connectivity index (χ2n) is 5.15. The molecule has 0 saturated heterocycles. The van der Waals surface area contributed by atoms with Gasteiger partial charge in [-0.15, -0.1) is 0 Å². The second kappa shape index (κ2) is 8.47. The summed E-state index contributed by atoms with van der Waals surface area (Å²) in [6.45, 7) is 8.65. The molecule has 4 heteroatoms. The van der Waals surface area contributed by atoms with Gasteiger partial charge in [0.25, 0.3) is 0 Å². The number of carbonyl (C=O) groups excluding carboxylic acids is 1. The van der Waals surface area contributed by atoms with Crippen LogP contribution in [0.15, 0.2) is 12.2 Å². The van der Waals surface area contributed by atoms with Gasteiger partial charge in [-0.3, -0.25) is 0 Å². The van der Waals surface area contributed by atoms with Gasteiger partial charge in [-0.05, 0) is 32.1 Å². The maximum absolute atomic E-state index is 11.1. The average Bonchev–Trinajstić information content (AvgIpc) is 2.23. The third-order valence-corrected chi connectivity index (χ3v) is 3.26. The van der Waals surface area contributed by atoms with Gasteiger partial charge in [0.1, 0.15) is 0 Å². The molecule has 0 spiro atoms. The van der Waals surface area contributed by atoms with E-state index in [0.29, 0.717) is 0 Å². The topological polar surface area (TPSA) is 35.5 Å². The number of rotatable bonds is 8. The van der Waals surface area contributed by atoms with Crippen LogP contribution in [0.25, 0.3) is 0 Å². The molecule has 1 atom stereocenters. The summed E-state index contributed by atoms with van der Waals surface area (Å²) in [6, 6.07) is 0. The molecule has 0 aromatic carbocycles. The summed E-state index contributed by atoms with van der Waals surface area (Å²) >= 11 is 0. The normalized spacial score (nSPS) is 13.9. The first-order valence-electron chi connectivity index (χ1n) is 6.33. The minimum Gasteiger partial charge on any atom is -0.466 e. The van der Waals surface area contributed by atoms with Crippen LogP contribution in [0.5, 0.6) is 0 Å². The fourth-order valence-corrected chi connectivity index (χ4v) is 2.60. The van der Waals surface area contributed by atoms with Crippen molar-refractivity contribution in [2.75, 3.05) is 7.11 Å². The van der Waals surface area contributed by atoms with Gasteiger partial charge in [0.05, 0.1) is 13.2 Å². The first-order valence-corrected chi connectivity index (χ1v) is 9.74. The lowest BCUT2D eigenvalue weighted by molar-refractivity contribution is -0.134. The Bertz CT molecular complexity index is 244. The molecule has 0 aromatic rings. The third kappa shape index (κ3) is 10.3. The highest BCUT2D eigenvalue weighted by Gasteiger charge is 2.19. The van der Waals surface area contributed by atoms with Crippen molar-refractivity contribution in [2.24, 2.45) is 0 Å². The van der Waals surface area contributed by atoms with Crippen LogP contribution in [0.1, 0.15) is 32.6 Å². The maximum Gasteiger partial charge on any atom is 0.330 e. The lowest BCUT2D eigenvalue weighted by atomic mass is 10.1. The maximum atomic E-state index is 11.1. The number of hydrogen-bond donors (Lipinski definition) is 0. The molecule has 1 unspecified atom stereocenters. The molecule has 0 aliphatic heterocycles. The monoisotopic (exact) mass is 258 g/mol. The van der Waals surface area contributed by atoms with E-state index < -0.39 is 8.32 Å². The molecule has 0 radical (unpaired) electrons. The summed E-state index contributed by atoms with van der Waals surface area (Å²) in [4.78, 5) is 11.1. The standard InChI is InChI=1S/C13H26O3Si/c1-6-7-8-9-12(16-17(3,4)5)10-11-13(14)15-2/h10-12H,6-9H2,1-5H3/b11-10+. The van der Waals surface area contributed by atoms with Gasteiger partial charge in [-0.1, -0.05) is 26.2 Å². The zero-order chi connectivity index (χ0) is 13.3. The lowest BCUT2D eigenvalue weighted by Crippen LogP contribution is -2.31. The van der Waals surface area contributed by atoms with Gasteiger partial charge in [0.2, 0.25) is 0 Å². The lowest BCUT2D eigenvalue weighted by Gasteiger charge is -2.24. The van der Waals surface area contributed by atoms with Crippen LogP contribution in [0.4, 0.5) is 0 Å². The van der Waals surface area contributed by atoms with Crippen molar-refractivity contribution in [3.05, 3.63) is 12.2 Å². The van der Waals surface area contributed by atoms with Crippen LogP contribution in [0.3, 0.4) is 0 Å². The highest BCUT2D eigenvalue weighted by molar-refractivity contribution is 6.69.